The number of hydrogen-bond donors (Lipinski definition) is 1. The van der Waals surface area contributed by atoms with Gasteiger partial charge in [0.1, 0.15) is 6.10 Å². The molecular weight excluding hydrogens is 210 g/mol. The predicted octanol–water partition coefficient (Wildman–Crippen LogP) is 2.10. The Balaban J connectivity index is 1.94. The van der Waals surface area contributed by atoms with E-state index in [0.717, 1.165) is 25.7 Å². The molecule has 2 fully saturated rings. The first-order valence-corrected chi connectivity index (χ1v) is 5.61. The highest BCUT2D eigenvalue weighted by molar-refractivity contribution is 5.86. The lowest BCUT2D eigenvalue weighted by molar-refractivity contribution is 0.0631. The van der Waals surface area contributed by atoms with Crippen molar-refractivity contribution in [2.75, 3.05) is 6.61 Å². The van der Waals surface area contributed by atoms with Gasteiger partial charge in [0, 0.05) is 12.5 Å². The summed E-state index contributed by atoms with van der Waals surface area (Å²) in [6.45, 7) is 0.703. The molecule has 1 saturated carbocycles. The van der Waals surface area contributed by atoms with Gasteiger partial charge in [0.15, 0.2) is 0 Å². The molecule has 0 spiro atoms. The Morgan fingerprint density at radius 2 is 2.19 bits per heavy atom. The number of rotatable bonds is 3. The van der Waals surface area contributed by atoms with E-state index in [1.807, 2.05) is 0 Å². The highest BCUT2D eigenvalue weighted by atomic mass is 16.5. The van der Waals surface area contributed by atoms with Gasteiger partial charge in [-0.05, 0) is 25.7 Å². The van der Waals surface area contributed by atoms with Crippen LogP contribution >= 0.6 is 0 Å². The van der Waals surface area contributed by atoms with Crippen molar-refractivity contribution in [3.05, 3.63) is 17.3 Å². The molecule has 0 aromatic carbocycles. The van der Waals surface area contributed by atoms with E-state index < -0.39 is 5.97 Å². The molecule has 1 saturated heterocycles. The average molecular weight is 223 g/mol. The van der Waals surface area contributed by atoms with Crippen LogP contribution in [0.3, 0.4) is 0 Å². The molecule has 1 N–H and O–H groups in total. The Labute approximate surface area is 92.4 Å². The van der Waals surface area contributed by atoms with Crippen LogP contribution in [0.1, 0.15) is 59.8 Å². The van der Waals surface area contributed by atoms with Gasteiger partial charge in [-0.2, -0.15) is 0 Å². The molecule has 1 aromatic heterocycles. The minimum Gasteiger partial charge on any atom is -0.475 e. The number of aromatic nitrogens is 1. The Kier molecular flexibility index (Phi) is 2.21. The van der Waals surface area contributed by atoms with E-state index in [-0.39, 0.29) is 17.8 Å². The minimum absolute atomic E-state index is 0.00741. The number of carboxylic acids is 1. The fourth-order valence-electron chi connectivity index (χ4n) is 2.05. The summed E-state index contributed by atoms with van der Waals surface area (Å²) in [7, 11) is 0. The summed E-state index contributed by atoms with van der Waals surface area (Å²) in [6, 6.07) is 0. The molecular formula is C11H13NO4. The van der Waals surface area contributed by atoms with Crippen LogP contribution in [-0.2, 0) is 4.74 Å². The molecule has 1 aliphatic heterocycles. The normalized spacial score (nSPS) is 24.9. The average Bonchev–Trinajstić information content (AvgIpc) is 2.83. The fraction of sp³-hybridized carbons (Fsp3) is 0.636. The summed E-state index contributed by atoms with van der Waals surface area (Å²) < 4.78 is 10.8. The third kappa shape index (κ3) is 1.61. The zero-order valence-electron chi connectivity index (χ0n) is 8.81. The second-order valence-electron chi connectivity index (χ2n) is 4.35. The maximum absolute atomic E-state index is 11.0. The molecule has 5 nitrogen and oxygen atoms in total. The lowest BCUT2D eigenvalue weighted by Gasteiger charge is -2.01. The van der Waals surface area contributed by atoms with E-state index in [1.54, 1.807) is 0 Å². The van der Waals surface area contributed by atoms with Crippen LogP contribution in [0.2, 0.25) is 0 Å². The lowest BCUT2D eigenvalue weighted by Crippen LogP contribution is -1.98. The summed E-state index contributed by atoms with van der Waals surface area (Å²) >= 11 is 0. The maximum Gasteiger partial charge on any atom is 0.373 e. The third-order valence-electron chi connectivity index (χ3n) is 3.03. The highest BCUT2D eigenvalue weighted by Crippen LogP contribution is 2.42. The van der Waals surface area contributed by atoms with Crippen molar-refractivity contribution in [1.82, 2.24) is 4.98 Å². The lowest BCUT2D eigenvalue weighted by atomic mass is 10.2. The molecule has 1 aliphatic carbocycles. The molecule has 0 amide bonds. The van der Waals surface area contributed by atoms with E-state index in [1.165, 1.54) is 0 Å². The Bertz CT molecular complexity index is 416. The first-order valence-electron chi connectivity index (χ1n) is 5.61. The monoisotopic (exact) mass is 223 g/mol. The second kappa shape index (κ2) is 3.59. The summed E-state index contributed by atoms with van der Waals surface area (Å²) in [5, 5.41) is 9.02. The molecule has 2 heterocycles. The zero-order chi connectivity index (χ0) is 11.1. The molecule has 86 valence electrons. The van der Waals surface area contributed by atoms with Crippen LogP contribution in [0, 0.1) is 0 Å². The van der Waals surface area contributed by atoms with Gasteiger partial charge in [-0.1, -0.05) is 0 Å². The summed E-state index contributed by atoms with van der Waals surface area (Å²) in [5.41, 5.74) is 0.609. The van der Waals surface area contributed by atoms with Crippen molar-refractivity contribution in [1.29, 1.82) is 0 Å². The molecule has 0 bridgehead atoms. The fourth-order valence-corrected chi connectivity index (χ4v) is 2.05. The largest absolute Gasteiger partial charge is 0.475 e. The van der Waals surface area contributed by atoms with Gasteiger partial charge in [-0.25, -0.2) is 9.78 Å². The standard InChI is InChI=1S/C11H13NO4/c13-11(14)9-8(6-3-4-6)12-10(16-9)7-2-1-5-15-7/h6-7H,1-5H2,(H,13,14). The smallest absolute Gasteiger partial charge is 0.373 e. The number of ether oxygens (including phenoxy) is 1. The van der Waals surface area contributed by atoms with Crippen LogP contribution in [0.4, 0.5) is 0 Å². The third-order valence-corrected chi connectivity index (χ3v) is 3.03. The van der Waals surface area contributed by atoms with Gasteiger partial charge >= 0.3 is 5.97 Å². The summed E-state index contributed by atoms with van der Waals surface area (Å²) in [6.07, 6.45) is 3.72. The number of carboxylic acid groups (broad SMARTS) is 1. The van der Waals surface area contributed by atoms with Crippen molar-refractivity contribution < 1.29 is 19.1 Å². The first kappa shape index (κ1) is 9.84. The molecule has 2 aliphatic rings. The number of nitrogens with zero attached hydrogens (tertiary/aromatic N) is 1. The van der Waals surface area contributed by atoms with Gasteiger partial charge in [-0.15, -0.1) is 0 Å². The number of carbonyl (C=O) groups is 1. The first-order chi connectivity index (χ1) is 7.75. The van der Waals surface area contributed by atoms with Crippen molar-refractivity contribution in [3.63, 3.8) is 0 Å². The number of hydrogen-bond acceptors (Lipinski definition) is 4. The zero-order valence-corrected chi connectivity index (χ0v) is 8.81. The SMILES string of the molecule is O=C(O)c1oc(C2CCCO2)nc1C1CC1. The molecule has 1 aromatic rings. The van der Waals surface area contributed by atoms with E-state index in [9.17, 15) is 4.79 Å². The minimum atomic E-state index is -1.03. The quantitative estimate of drug-likeness (QED) is 0.849. The second-order valence-corrected chi connectivity index (χ2v) is 4.35. The molecule has 0 radical (unpaired) electrons. The number of aromatic carboxylic acids is 1. The van der Waals surface area contributed by atoms with Crippen LogP contribution in [-0.4, -0.2) is 22.7 Å². The molecule has 1 atom stereocenters. The summed E-state index contributed by atoms with van der Waals surface area (Å²) in [5.74, 6) is -0.298. The van der Waals surface area contributed by atoms with Crippen molar-refractivity contribution >= 4 is 5.97 Å². The van der Waals surface area contributed by atoms with E-state index in [0.29, 0.717) is 18.2 Å². The van der Waals surface area contributed by atoms with E-state index >= 15 is 0 Å². The predicted molar refractivity (Wildman–Crippen MR) is 53.4 cm³/mol. The van der Waals surface area contributed by atoms with Crippen LogP contribution in [0.5, 0.6) is 0 Å². The van der Waals surface area contributed by atoms with Gasteiger partial charge in [0.25, 0.3) is 0 Å². The van der Waals surface area contributed by atoms with Crippen molar-refractivity contribution in [2.24, 2.45) is 0 Å². The van der Waals surface area contributed by atoms with Gasteiger partial charge in [-0.3, -0.25) is 0 Å². The molecule has 3 rings (SSSR count). The van der Waals surface area contributed by atoms with Crippen molar-refractivity contribution in [2.45, 2.75) is 37.7 Å². The Morgan fingerprint density at radius 1 is 1.38 bits per heavy atom. The van der Waals surface area contributed by atoms with E-state index in [2.05, 4.69) is 4.98 Å². The Morgan fingerprint density at radius 3 is 2.75 bits per heavy atom. The van der Waals surface area contributed by atoms with Gasteiger partial charge in [0.05, 0.1) is 5.69 Å². The Hall–Kier alpha value is -1.36. The van der Waals surface area contributed by atoms with E-state index in [4.69, 9.17) is 14.3 Å². The van der Waals surface area contributed by atoms with Gasteiger partial charge < -0.3 is 14.3 Å². The topological polar surface area (TPSA) is 72.6 Å². The molecule has 16 heavy (non-hydrogen) atoms. The van der Waals surface area contributed by atoms with Crippen LogP contribution < -0.4 is 0 Å². The summed E-state index contributed by atoms with van der Waals surface area (Å²) in [4.78, 5) is 15.3. The van der Waals surface area contributed by atoms with Gasteiger partial charge in [0.2, 0.25) is 11.7 Å². The van der Waals surface area contributed by atoms with Crippen molar-refractivity contribution in [3.8, 4) is 0 Å². The molecule has 5 heteroatoms. The molecule has 1 unspecified atom stereocenters. The van der Waals surface area contributed by atoms with Crippen LogP contribution in [0.25, 0.3) is 0 Å². The number of oxazole rings is 1. The van der Waals surface area contributed by atoms with Crippen LogP contribution in [0.15, 0.2) is 4.42 Å². The highest BCUT2D eigenvalue weighted by Gasteiger charge is 2.35. The maximum atomic E-state index is 11.0.